The van der Waals surface area contributed by atoms with Crippen LogP contribution >= 0.6 is 11.6 Å². The number of nitrogens with zero attached hydrogens (tertiary/aromatic N) is 4. The van der Waals surface area contributed by atoms with Gasteiger partial charge in [-0.15, -0.1) is 0 Å². The molecular formula is C21H30ClFN6O. The molecule has 0 fully saturated rings. The van der Waals surface area contributed by atoms with Gasteiger partial charge in [0.15, 0.2) is 5.82 Å². The number of anilines is 1. The molecule has 0 bridgehead atoms. The second kappa shape index (κ2) is 10.7. The third kappa shape index (κ3) is 6.10. The average molecular weight is 437 g/mol. The molecule has 9 heteroatoms. The van der Waals surface area contributed by atoms with Crippen LogP contribution in [-0.2, 0) is 0 Å². The molecule has 3 aromatic rings. The second-order valence-electron chi connectivity index (χ2n) is 7.66. The summed E-state index contributed by atoms with van der Waals surface area (Å²) in [5.74, 6) is -0.113. The van der Waals surface area contributed by atoms with Gasteiger partial charge in [0.2, 0.25) is 0 Å². The van der Waals surface area contributed by atoms with Crippen LogP contribution in [0.5, 0.6) is 0 Å². The average Bonchev–Trinajstić information content (AvgIpc) is 3.09. The zero-order chi connectivity index (χ0) is 22.3. The van der Waals surface area contributed by atoms with Crippen molar-refractivity contribution in [2.75, 3.05) is 24.5 Å². The van der Waals surface area contributed by atoms with Crippen LogP contribution in [0.3, 0.4) is 0 Å². The first kappa shape index (κ1) is 24.0. The van der Waals surface area contributed by atoms with Crippen LogP contribution in [0, 0.1) is 5.82 Å². The number of H-pyrrole nitrogens is 1. The number of hydrogen-bond acceptors (Lipinski definition) is 6. The quantitative estimate of drug-likeness (QED) is 0.513. The van der Waals surface area contributed by atoms with Gasteiger partial charge in [0.25, 0.3) is 0 Å². The van der Waals surface area contributed by atoms with Crippen LogP contribution in [0.1, 0.15) is 40.5 Å². The number of hydrogen-bond donors (Lipinski definition) is 3. The number of pyridine rings is 1. The Morgan fingerprint density at radius 2 is 2.00 bits per heavy atom. The van der Waals surface area contributed by atoms with Crippen molar-refractivity contribution < 1.29 is 9.50 Å². The highest BCUT2D eigenvalue weighted by Crippen LogP contribution is 2.33. The van der Waals surface area contributed by atoms with Crippen molar-refractivity contribution in [1.29, 1.82) is 0 Å². The van der Waals surface area contributed by atoms with Crippen LogP contribution in [0.2, 0.25) is 5.02 Å². The lowest BCUT2D eigenvalue weighted by Crippen LogP contribution is -2.35. The van der Waals surface area contributed by atoms with E-state index in [0.29, 0.717) is 48.5 Å². The third-order valence-corrected chi connectivity index (χ3v) is 4.49. The van der Waals surface area contributed by atoms with Crippen LogP contribution in [0.4, 0.5) is 10.2 Å². The molecule has 0 saturated carbocycles. The number of nitrogens with one attached hydrogen (secondary N) is 1. The lowest BCUT2D eigenvalue weighted by molar-refractivity contribution is 0.0731. The van der Waals surface area contributed by atoms with E-state index in [9.17, 15) is 9.50 Å². The molecule has 0 spiro atoms. The van der Waals surface area contributed by atoms with Crippen LogP contribution in [0.25, 0.3) is 22.3 Å². The lowest BCUT2D eigenvalue weighted by Gasteiger charge is -2.28. The molecule has 4 N–H and O–H groups in total. The molecule has 3 rings (SSSR count). The molecule has 0 aromatic carbocycles. The summed E-state index contributed by atoms with van der Waals surface area (Å²) < 4.78 is 14.7. The van der Waals surface area contributed by atoms with Crippen molar-refractivity contribution in [1.82, 2.24) is 19.9 Å². The topological polar surface area (TPSA) is 104 Å². The van der Waals surface area contributed by atoms with Crippen LogP contribution in [-0.4, -0.2) is 50.3 Å². The van der Waals surface area contributed by atoms with Gasteiger partial charge >= 0.3 is 0 Å². The fourth-order valence-corrected chi connectivity index (χ4v) is 3.07. The molecule has 7 nitrogen and oxygen atoms in total. The van der Waals surface area contributed by atoms with Crippen molar-refractivity contribution in [3.63, 3.8) is 0 Å². The SMILES string of the molecule is CC(C)(O)CCN(CCN)c1nc(-c2c[nH]c3ncncc23)c(F)cc1Cl.CCC. The van der Waals surface area contributed by atoms with Gasteiger partial charge in [-0.25, -0.2) is 19.3 Å². The Morgan fingerprint density at radius 3 is 2.63 bits per heavy atom. The standard InChI is InChI=1S/C18H22ClFN6O.C3H8/c1-18(2,27)3-5-26(6-4-21)17-13(19)7-14(20)15(25-17)11-9-23-16-12(11)8-22-10-24-16;1-3-2/h7-10,27H,3-6,21H2,1-2H3,(H,22,23,24);3H2,1-2H3. The van der Waals surface area contributed by atoms with Gasteiger partial charge in [-0.1, -0.05) is 31.9 Å². The molecule has 0 amide bonds. The van der Waals surface area contributed by atoms with E-state index in [4.69, 9.17) is 17.3 Å². The number of halogens is 2. The van der Waals surface area contributed by atoms with E-state index < -0.39 is 11.4 Å². The smallest absolute Gasteiger partial charge is 0.151 e. The van der Waals surface area contributed by atoms with Gasteiger partial charge < -0.3 is 20.7 Å². The van der Waals surface area contributed by atoms with E-state index in [-0.39, 0.29) is 10.7 Å². The Bertz CT molecular complexity index is 956. The highest BCUT2D eigenvalue weighted by atomic mass is 35.5. The Kier molecular flexibility index (Phi) is 8.52. The monoisotopic (exact) mass is 436 g/mol. The predicted molar refractivity (Wildman–Crippen MR) is 120 cm³/mol. The summed E-state index contributed by atoms with van der Waals surface area (Å²) in [6, 6.07) is 1.25. The first-order valence-electron chi connectivity index (χ1n) is 10.0. The van der Waals surface area contributed by atoms with Gasteiger partial charge in [-0.2, -0.15) is 0 Å². The summed E-state index contributed by atoms with van der Waals surface area (Å²) in [5.41, 5.74) is 6.17. The molecule has 0 aliphatic heterocycles. The van der Waals surface area contributed by atoms with Crippen molar-refractivity contribution >= 4 is 28.5 Å². The fraction of sp³-hybridized carbons (Fsp3) is 0.476. The Hall–Kier alpha value is -2.29. The number of rotatable bonds is 7. The summed E-state index contributed by atoms with van der Waals surface area (Å²) >= 11 is 6.28. The highest BCUT2D eigenvalue weighted by Gasteiger charge is 2.21. The van der Waals surface area contributed by atoms with E-state index in [1.54, 1.807) is 26.2 Å². The maximum absolute atomic E-state index is 14.7. The molecule has 164 valence electrons. The number of aromatic amines is 1. The summed E-state index contributed by atoms with van der Waals surface area (Å²) in [6.45, 7) is 9.03. The van der Waals surface area contributed by atoms with Gasteiger partial charge in [0.1, 0.15) is 23.5 Å². The first-order chi connectivity index (χ1) is 14.2. The summed E-state index contributed by atoms with van der Waals surface area (Å²) in [4.78, 5) is 17.5. The minimum absolute atomic E-state index is 0.153. The Labute approximate surface area is 181 Å². The largest absolute Gasteiger partial charge is 0.390 e. The molecular weight excluding hydrogens is 407 g/mol. The van der Waals surface area contributed by atoms with Gasteiger partial charge in [0.05, 0.1) is 10.6 Å². The molecule has 0 radical (unpaired) electrons. The lowest BCUT2D eigenvalue weighted by atomic mass is 10.1. The predicted octanol–water partition coefficient (Wildman–Crippen LogP) is 4.15. The zero-order valence-electron chi connectivity index (χ0n) is 17.9. The minimum atomic E-state index is -0.851. The number of nitrogens with two attached hydrogens (primary N) is 1. The number of aliphatic hydroxyl groups is 1. The van der Waals surface area contributed by atoms with E-state index in [1.165, 1.54) is 18.8 Å². The molecule has 30 heavy (non-hydrogen) atoms. The minimum Gasteiger partial charge on any atom is -0.390 e. The highest BCUT2D eigenvalue weighted by molar-refractivity contribution is 6.33. The van der Waals surface area contributed by atoms with Crippen molar-refractivity contribution in [3.05, 3.63) is 35.6 Å². The van der Waals surface area contributed by atoms with Crippen molar-refractivity contribution in [3.8, 4) is 11.3 Å². The number of aromatic nitrogens is 4. The second-order valence-corrected chi connectivity index (χ2v) is 8.06. The molecule has 0 aliphatic carbocycles. The van der Waals surface area contributed by atoms with Gasteiger partial charge in [-0.05, 0) is 26.3 Å². The van der Waals surface area contributed by atoms with E-state index in [2.05, 4.69) is 33.8 Å². The normalized spacial score (nSPS) is 11.3. The molecule has 0 saturated heterocycles. The van der Waals surface area contributed by atoms with E-state index >= 15 is 0 Å². The van der Waals surface area contributed by atoms with Crippen LogP contribution in [0.15, 0.2) is 24.8 Å². The van der Waals surface area contributed by atoms with Gasteiger partial charge in [0, 0.05) is 43.0 Å². The van der Waals surface area contributed by atoms with Crippen molar-refractivity contribution in [2.24, 2.45) is 5.73 Å². The molecule has 3 heterocycles. The summed E-state index contributed by atoms with van der Waals surface area (Å²) in [7, 11) is 0. The molecule has 0 atom stereocenters. The summed E-state index contributed by atoms with van der Waals surface area (Å²) in [6.07, 6.45) is 6.40. The number of fused-ring (bicyclic) bond motifs is 1. The van der Waals surface area contributed by atoms with Gasteiger partial charge in [-0.3, -0.25) is 0 Å². The molecule has 0 aliphatic rings. The van der Waals surface area contributed by atoms with Crippen molar-refractivity contribution in [2.45, 2.75) is 46.1 Å². The Balaban J connectivity index is 0.00000101. The maximum Gasteiger partial charge on any atom is 0.151 e. The molecule has 3 aromatic heterocycles. The summed E-state index contributed by atoms with van der Waals surface area (Å²) in [5, 5.41) is 10.9. The fourth-order valence-electron chi connectivity index (χ4n) is 2.81. The van der Waals surface area contributed by atoms with E-state index in [0.717, 1.165) is 0 Å². The third-order valence-electron chi connectivity index (χ3n) is 4.21. The molecule has 0 unspecified atom stereocenters. The Morgan fingerprint density at radius 1 is 1.30 bits per heavy atom. The van der Waals surface area contributed by atoms with E-state index in [1.807, 2.05) is 4.90 Å². The first-order valence-corrected chi connectivity index (χ1v) is 10.4. The maximum atomic E-state index is 14.7. The van der Waals surface area contributed by atoms with Crippen LogP contribution < -0.4 is 10.6 Å². The zero-order valence-corrected chi connectivity index (χ0v) is 18.7.